The van der Waals surface area contributed by atoms with Gasteiger partial charge in [0.05, 0.1) is 0 Å². The van der Waals surface area contributed by atoms with Gasteiger partial charge < -0.3 is 15.5 Å². The molecular formula is C20H33IN4OS. The van der Waals surface area contributed by atoms with Crippen LogP contribution in [0.1, 0.15) is 49.0 Å². The molecule has 27 heavy (non-hydrogen) atoms. The van der Waals surface area contributed by atoms with Gasteiger partial charge in [0.15, 0.2) is 5.96 Å². The molecule has 1 aliphatic heterocycles. The molecule has 152 valence electrons. The maximum atomic E-state index is 12.5. The Morgan fingerprint density at radius 3 is 2.33 bits per heavy atom. The molecule has 1 heterocycles. The van der Waals surface area contributed by atoms with Crippen LogP contribution in [0.2, 0.25) is 0 Å². The number of aliphatic imine (C=N–C) groups is 1. The van der Waals surface area contributed by atoms with E-state index >= 15 is 0 Å². The molecule has 0 aliphatic carbocycles. The van der Waals surface area contributed by atoms with Gasteiger partial charge in [0.25, 0.3) is 5.91 Å². The highest BCUT2D eigenvalue weighted by Gasteiger charge is 2.18. The number of guanidine groups is 1. The Balaban J connectivity index is 0.00000364. The zero-order chi connectivity index (χ0) is 19.0. The number of thioether (sulfide) groups is 1. The van der Waals surface area contributed by atoms with Gasteiger partial charge in [-0.15, -0.1) is 24.0 Å². The van der Waals surface area contributed by atoms with Crippen LogP contribution in [-0.4, -0.2) is 54.5 Å². The number of carbonyl (C=O) groups is 1. The fraction of sp³-hybridized carbons (Fsp3) is 0.600. The van der Waals surface area contributed by atoms with E-state index in [2.05, 4.69) is 35.7 Å². The van der Waals surface area contributed by atoms with Gasteiger partial charge in [-0.3, -0.25) is 9.79 Å². The molecular weight excluding hydrogens is 471 g/mol. The predicted octanol–water partition coefficient (Wildman–Crippen LogP) is 3.74. The van der Waals surface area contributed by atoms with E-state index in [4.69, 9.17) is 0 Å². The van der Waals surface area contributed by atoms with Crippen molar-refractivity contribution in [2.75, 3.05) is 32.9 Å². The summed E-state index contributed by atoms with van der Waals surface area (Å²) in [6, 6.07) is 7.90. The van der Waals surface area contributed by atoms with E-state index in [-0.39, 0.29) is 34.6 Å². The number of hydrogen-bond donors (Lipinski definition) is 2. The van der Waals surface area contributed by atoms with E-state index in [0.29, 0.717) is 6.54 Å². The third-order valence-electron chi connectivity index (χ3n) is 4.76. The summed E-state index contributed by atoms with van der Waals surface area (Å²) in [7, 11) is 1.78. The van der Waals surface area contributed by atoms with Crippen molar-refractivity contribution in [2.24, 2.45) is 4.99 Å². The van der Waals surface area contributed by atoms with E-state index < -0.39 is 0 Å². The number of nitrogens with one attached hydrogen (secondary N) is 2. The number of hydrogen-bond acceptors (Lipinski definition) is 3. The first-order chi connectivity index (χ1) is 12.4. The lowest BCUT2D eigenvalue weighted by Crippen LogP contribution is -2.43. The number of halogens is 1. The minimum Gasteiger partial charge on any atom is -0.355 e. The third kappa shape index (κ3) is 7.89. The summed E-state index contributed by atoms with van der Waals surface area (Å²) in [4.78, 5) is 18.8. The molecule has 1 aromatic rings. The van der Waals surface area contributed by atoms with Crippen molar-refractivity contribution in [3.8, 4) is 0 Å². The SMILES string of the molecule is CN=C(NCc1ccc(C(=O)N2CCCCC2)cc1)NCC(C)(C)SC.I. The van der Waals surface area contributed by atoms with E-state index in [1.54, 1.807) is 7.05 Å². The third-order valence-corrected chi connectivity index (χ3v) is 6.01. The molecule has 5 nitrogen and oxygen atoms in total. The van der Waals surface area contributed by atoms with Crippen LogP contribution < -0.4 is 10.6 Å². The quantitative estimate of drug-likeness (QED) is 0.352. The summed E-state index contributed by atoms with van der Waals surface area (Å²) in [5.74, 6) is 0.946. The van der Waals surface area contributed by atoms with Crippen molar-refractivity contribution < 1.29 is 4.79 Å². The van der Waals surface area contributed by atoms with Crippen LogP contribution in [0.15, 0.2) is 29.3 Å². The van der Waals surface area contributed by atoms with Gasteiger partial charge in [-0.1, -0.05) is 12.1 Å². The highest BCUT2D eigenvalue weighted by Crippen LogP contribution is 2.19. The summed E-state index contributed by atoms with van der Waals surface area (Å²) in [5, 5.41) is 6.69. The summed E-state index contributed by atoms with van der Waals surface area (Å²) in [6.45, 7) is 7.70. The van der Waals surface area contributed by atoms with Gasteiger partial charge in [-0.05, 0) is 57.1 Å². The largest absolute Gasteiger partial charge is 0.355 e. The highest BCUT2D eigenvalue weighted by atomic mass is 127. The molecule has 0 spiro atoms. The van der Waals surface area contributed by atoms with Gasteiger partial charge >= 0.3 is 0 Å². The first-order valence-electron chi connectivity index (χ1n) is 9.33. The number of likely N-dealkylation sites (tertiary alicyclic amines) is 1. The Bertz CT molecular complexity index is 613. The highest BCUT2D eigenvalue weighted by molar-refractivity contribution is 14.0. The molecule has 7 heteroatoms. The second-order valence-electron chi connectivity index (χ2n) is 7.29. The van der Waals surface area contributed by atoms with E-state index in [9.17, 15) is 4.79 Å². The number of amides is 1. The number of benzene rings is 1. The Hall–Kier alpha value is -0.960. The van der Waals surface area contributed by atoms with Crippen LogP contribution >= 0.6 is 35.7 Å². The van der Waals surface area contributed by atoms with Crippen molar-refractivity contribution in [1.82, 2.24) is 15.5 Å². The van der Waals surface area contributed by atoms with Gasteiger partial charge in [0.2, 0.25) is 0 Å². The lowest BCUT2D eigenvalue weighted by Gasteiger charge is -2.26. The summed E-state index contributed by atoms with van der Waals surface area (Å²) >= 11 is 1.83. The van der Waals surface area contributed by atoms with Gasteiger partial charge in [-0.25, -0.2) is 0 Å². The van der Waals surface area contributed by atoms with E-state index in [0.717, 1.165) is 49.6 Å². The topological polar surface area (TPSA) is 56.7 Å². The smallest absolute Gasteiger partial charge is 0.253 e. The van der Waals surface area contributed by atoms with Gasteiger partial charge in [0.1, 0.15) is 0 Å². The molecule has 1 saturated heterocycles. The molecule has 1 fully saturated rings. The molecule has 2 N–H and O–H groups in total. The number of piperidine rings is 1. The molecule has 1 aromatic carbocycles. The Morgan fingerprint density at radius 2 is 1.78 bits per heavy atom. The minimum absolute atomic E-state index is 0. The van der Waals surface area contributed by atoms with Crippen LogP contribution in [0.5, 0.6) is 0 Å². The fourth-order valence-electron chi connectivity index (χ4n) is 2.82. The molecule has 0 atom stereocenters. The van der Waals surface area contributed by atoms with Crippen LogP contribution in [0.4, 0.5) is 0 Å². The lowest BCUT2D eigenvalue weighted by atomic mass is 10.1. The number of rotatable bonds is 6. The molecule has 0 bridgehead atoms. The van der Waals surface area contributed by atoms with Crippen LogP contribution in [-0.2, 0) is 6.54 Å². The first kappa shape index (κ1) is 24.1. The average molecular weight is 504 g/mol. The number of carbonyl (C=O) groups excluding carboxylic acids is 1. The zero-order valence-electron chi connectivity index (χ0n) is 16.9. The maximum Gasteiger partial charge on any atom is 0.253 e. The van der Waals surface area contributed by atoms with Crippen molar-refractivity contribution in [1.29, 1.82) is 0 Å². The van der Waals surface area contributed by atoms with E-state index in [1.165, 1.54) is 6.42 Å². The fourth-order valence-corrected chi connectivity index (χ4v) is 3.04. The Labute approximate surface area is 185 Å². The second kappa shape index (κ2) is 11.8. The minimum atomic E-state index is 0. The number of nitrogens with zero attached hydrogens (tertiary/aromatic N) is 2. The van der Waals surface area contributed by atoms with Gasteiger partial charge in [0, 0.05) is 43.5 Å². The standard InChI is InChI=1S/C20H32N4OS.HI/c1-20(2,26-4)15-23-19(21-3)22-14-16-8-10-17(11-9-16)18(25)24-12-6-5-7-13-24;/h8-11H,5-7,12-15H2,1-4H3,(H2,21,22,23);1H. The maximum absolute atomic E-state index is 12.5. The van der Waals surface area contributed by atoms with Crippen LogP contribution in [0.3, 0.4) is 0 Å². The predicted molar refractivity (Wildman–Crippen MR) is 127 cm³/mol. The van der Waals surface area contributed by atoms with Gasteiger partial charge in [-0.2, -0.15) is 11.8 Å². The summed E-state index contributed by atoms with van der Waals surface area (Å²) in [6.07, 6.45) is 5.59. The summed E-state index contributed by atoms with van der Waals surface area (Å²) in [5.41, 5.74) is 1.91. The Morgan fingerprint density at radius 1 is 1.15 bits per heavy atom. The molecule has 2 rings (SSSR count). The molecule has 0 saturated carbocycles. The summed E-state index contributed by atoms with van der Waals surface area (Å²) < 4.78 is 0.161. The molecule has 0 unspecified atom stereocenters. The van der Waals surface area contributed by atoms with Crippen molar-refractivity contribution in [2.45, 2.75) is 44.4 Å². The monoisotopic (exact) mass is 504 g/mol. The second-order valence-corrected chi connectivity index (χ2v) is 8.81. The molecule has 1 aliphatic rings. The van der Waals surface area contributed by atoms with Crippen LogP contribution in [0.25, 0.3) is 0 Å². The van der Waals surface area contributed by atoms with Crippen molar-refractivity contribution in [3.05, 3.63) is 35.4 Å². The van der Waals surface area contributed by atoms with E-state index in [1.807, 2.05) is 40.9 Å². The molecule has 0 radical (unpaired) electrons. The normalized spacial score (nSPS) is 15.1. The van der Waals surface area contributed by atoms with Crippen molar-refractivity contribution in [3.63, 3.8) is 0 Å². The van der Waals surface area contributed by atoms with Crippen molar-refractivity contribution >= 4 is 47.6 Å². The zero-order valence-corrected chi connectivity index (χ0v) is 20.0. The first-order valence-corrected chi connectivity index (χ1v) is 10.6. The molecule has 0 aromatic heterocycles. The molecule has 1 amide bonds. The van der Waals surface area contributed by atoms with Crippen LogP contribution in [0, 0.1) is 0 Å². The Kier molecular flexibility index (Phi) is 10.5. The lowest BCUT2D eigenvalue weighted by molar-refractivity contribution is 0.0724. The average Bonchev–Trinajstić information content (AvgIpc) is 2.68.